The van der Waals surface area contributed by atoms with E-state index in [1.807, 2.05) is 25.3 Å². The maximum absolute atomic E-state index is 13.3. The summed E-state index contributed by atoms with van der Waals surface area (Å²) in [6.07, 6.45) is 6.09. The molecule has 1 saturated heterocycles. The first-order valence-electron chi connectivity index (χ1n) is 10.1. The molecule has 7 nitrogen and oxygen atoms in total. The Kier molecular flexibility index (Phi) is 6.70. The molecule has 2 aliphatic rings. The molecule has 0 radical (unpaired) electrons. The number of ether oxygens (including phenoxy) is 2. The lowest BCUT2D eigenvalue weighted by molar-refractivity contribution is -0.132. The zero-order valence-corrected chi connectivity index (χ0v) is 17.8. The van der Waals surface area contributed by atoms with Gasteiger partial charge in [0.15, 0.2) is 0 Å². The minimum Gasteiger partial charge on any atom is -0.494 e. The Morgan fingerprint density at radius 3 is 2.90 bits per heavy atom. The van der Waals surface area contributed by atoms with E-state index in [1.54, 1.807) is 10.9 Å². The summed E-state index contributed by atoms with van der Waals surface area (Å²) in [4.78, 5) is 13.3. The molecule has 0 spiro atoms. The van der Waals surface area contributed by atoms with Gasteiger partial charge in [-0.05, 0) is 58.0 Å². The number of hydrogen-bond donors (Lipinski definition) is 2. The van der Waals surface area contributed by atoms with Gasteiger partial charge < -0.3 is 20.1 Å². The number of nitrogens with zero attached hydrogens (tertiary/aromatic N) is 2. The van der Waals surface area contributed by atoms with Crippen LogP contribution in [-0.4, -0.2) is 41.5 Å². The van der Waals surface area contributed by atoms with Crippen LogP contribution >= 0.6 is 12.4 Å². The summed E-state index contributed by atoms with van der Waals surface area (Å²) >= 11 is 0. The van der Waals surface area contributed by atoms with Crippen molar-refractivity contribution in [3.63, 3.8) is 0 Å². The first-order valence-corrected chi connectivity index (χ1v) is 10.1. The number of carbonyl (C=O) groups excluding carboxylic acids is 1. The van der Waals surface area contributed by atoms with Gasteiger partial charge >= 0.3 is 0 Å². The lowest BCUT2D eigenvalue weighted by Gasteiger charge is -2.36. The van der Waals surface area contributed by atoms with E-state index >= 15 is 0 Å². The number of carbonyl (C=O) groups is 1. The normalized spacial score (nSPS) is 19.6. The van der Waals surface area contributed by atoms with E-state index in [4.69, 9.17) is 9.47 Å². The maximum Gasteiger partial charge on any atom is 0.248 e. The van der Waals surface area contributed by atoms with E-state index in [1.165, 1.54) is 0 Å². The fourth-order valence-electron chi connectivity index (χ4n) is 4.17. The highest BCUT2D eigenvalue weighted by molar-refractivity contribution is 5.85. The Balaban J connectivity index is 0.00000240. The number of aromatic nitrogens is 2. The minimum absolute atomic E-state index is 0. The van der Waals surface area contributed by atoms with Crippen LogP contribution in [0.15, 0.2) is 30.6 Å². The molecule has 4 rings (SSSR count). The number of fused-ring (bicyclic) bond motifs is 1. The quantitative estimate of drug-likeness (QED) is 0.750. The summed E-state index contributed by atoms with van der Waals surface area (Å²) in [5.74, 6) is 1.71. The number of amides is 1. The molecule has 8 heteroatoms. The largest absolute Gasteiger partial charge is 0.494 e. The van der Waals surface area contributed by atoms with Crippen LogP contribution in [-0.2, 0) is 23.3 Å². The van der Waals surface area contributed by atoms with E-state index in [9.17, 15) is 4.79 Å². The molecule has 158 valence electrons. The molecule has 3 heterocycles. The molecule has 1 aromatic heterocycles. The van der Waals surface area contributed by atoms with Crippen LogP contribution in [0.5, 0.6) is 11.5 Å². The minimum atomic E-state index is -0.651. The topological polar surface area (TPSA) is 77.4 Å². The van der Waals surface area contributed by atoms with Crippen LogP contribution in [0, 0.1) is 0 Å². The van der Waals surface area contributed by atoms with Crippen LogP contribution in [0.4, 0.5) is 0 Å². The molecule has 2 aromatic rings. The number of halogens is 1. The highest BCUT2D eigenvalue weighted by atomic mass is 35.5. The Morgan fingerprint density at radius 1 is 1.41 bits per heavy atom. The van der Waals surface area contributed by atoms with Crippen molar-refractivity contribution in [1.82, 2.24) is 20.4 Å². The molecule has 0 aliphatic carbocycles. The third-order valence-electron chi connectivity index (χ3n) is 5.61. The van der Waals surface area contributed by atoms with Gasteiger partial charge in [-0.2, -0.15) is 5.10 Å². The van der Waals surface area contributed by atoms with Crippen molar-refractivity contribution in [2.24, 2.45) is 0 Å². The molecule has 0 saturated carbocycles. The van der Waals surface area contributed by atoms with E-state index in [0.29, 0.717) is 26.0 Å². The molecule has 1 unspecified atom stereocenters. The Labute approximate surface area is 177 Å². The van der Waals surface area contributed by atoms with Gasteiger partial charge in [-0.25, -0.2) is 0 Å². The molecule has 1 atom stereocenters. The summed E-state index contributed by atoms with van der Waals surface area (Å²) in [7, 11) is 0. The van der Waals surface area contributed by atoms with Crippen molar-refractivity contribution in [3.05, 3.63) is 41.7 Å². The van der Waals surface area contributed by atoms with Crippen LogP contribution < -0.4 is 20.1 Å². The molecule has 29 heavy (non-hydrogen) atoms. The summed E-state index contributed by atoms with van der Waals surface area (Å²) in [6, 6.07) is 5.92. The van der Waals surface area contributed by atoms with E-state index in [-0.39, 0.29) is 24.4 Å². The molecular formula is C21H29ClN4O3. The monoisotopic (exact) mass is 420 g/mol. The second-order valence-corrected chi connectivity index (χ2v) is 7.55. The van der Waals surface area contributed by atoms with Gasteiger partial charge in [-0.3, -0.25) is 9.48 Å². The van der Waals surface area contributed by atoms with Crippen LogP contribution in [0.25, 0.3) is 0 Å². The van der Waals surface area contributed by atoms with Gasteiger partial charge in [-0.15, -0.1) is 12.4 Å². The molecule has 1 aromatic carbocycles. The Morgan fingerprint density at radius 2 is 2.21 bits per heavy atom. The van der Waals surface area contributed by atoms with E-state index in [0.717, 1.165) is 42.1 Å². The molecule has 2 aliphatic heterocycles. The second kappa shape index (κ2) is 9.05. The van der Waals surface area contributed by atoms with Gasteiger partial charge in [0.2, 0.25) is 5.91 Å². The average molecular weight is 421 g/mol. The Hall–Kier alpha value is -2.25. The smallest absolute Gasteiger partial charge is 0.248 e. The second-order valence-electron chi connectivity index (χ2n) is 7.55. The third kappa shape index (κ3) is 4.21. The van der Waals surface area contributed by atoms with Gasteiger partial charge in [0, 0.05) is 36.5 Å². The fourth-order valence-corrected chi connectivity index (χ4v) is 4.17. The number of piperidine rings is 1. The van der Waals surface area contributed by atoms with Crippen molar-refractivity contribution in [3.8, 4) is 11.5 Å². The molecule has 1 amide bonds. The van der Waals surface area contributed by atoms with Crippen LogP contribution in [0.1, 0.15) is 37.8 Å². The van der Waals surface area contributed by atoms with Gasteiger partial charge in [-0.1, -0.05) is 0 Å². The van der Waals surface area contributed by atoms with E-state index < -0.39 is 5.54 Å². The summed E-state index contributed by atoms with van der Waals surface area (Å²) in [6.45, 7) is 6.60. The van der Waals surface area contributed by atoms with Crippen molar-refractivity contribution in [2.45, 2.75) is 51.3 Å². The first-order chi connectivity index (χ1) is 13.6. The number of nitrogens with one attached hydrogen (secondary N) is 2. The number of benzene rings is 1. The SMILES string of the molecule is CCOc1cc2c(cc1CNC(=O)C1(n3cccn3)CCNCC1)OC(C)C2.Cl. The predicted molar refractivity (Wildman–Crippen MR) is 113 cm³/mol. The fraction of sp³-hybridized carbons (Fsp3) is 0.524. The van der Waals surface area contributed by atoms with Crippen molar-refractivity contribution in [2.75, 3.05) is 19.7 Å². The zero-order chi connectivity index (χ0) is 19.6. The summed E-state index contributed by atoms with van der Waals surface area (Å²) in [5.41, 5.74) is 1.45. The predicted octanol–water partition coefficient (Wildman–Crippen LogP) is 2.42. The molecule has 1 fully saturated rings. The van der Waals surface area contributed by atoms with Crippen LogP contribution in [0.2, 0.25) is 0 Å². The van der Waals surface area contributed by atoms with E-state index in [2.05, 4.69) is 28.7 Å². The van der Waals surface area contributed by atoms with Crippen molar-refractivity contribution >= 4 is 18.3 Å². The van der Waals surface area contributed by atoms with Gasteiger partial charge in [0.25, 0.3) is 0 Å². The maximum atomic E-state index is 13.3. The van der Waals surface area contributed by atoms with Crippen LogP contribution in [0.3, 0.4) is 0 Å². The zero-order valence-electron chi connectivity index (χ0n) is 16.9. The van der Waals surface area contributed by atoms with Crippen molar-refractivity contribution < 1.29 is 14.3 Å². The Bertz CT molecular complexity index is 835. The standard InChI is InChI=1S/C21H28N4O3.ClH/c1-3-27-18-12-16-11-15(2)28-19(16)13-17(18)14-23-20(26)21(5-8-22-9-6-21)25-10-4-7-24-25;/h4,7,10,12-13,15,22H,3,5-6,8-9,11,14H2,1-2H3,(H,23,26);1H. The lowest BCUT2D eigenvalue weighted by Crippen LogP contribution is -2.54. The highest BCUT2D eigenvalue weighted by Gasteiger charge is 2.41. The van der Waals surface area contributed by atoms with Gasteiger partial charge in [0.1, 0.15) is 23.1 Å². The molecular weight excluding hydrogens is 392 g/mol. The number of hydrogen-bond acceptors (Lipinski definition) is 5. The third-order valence-corrected chi connectivity index (χ3v) is 5.61. The van der Waals surface area contributed by atoms with Gasteiger partial charge in [0.05, 0.1) is 6.61 Å². The molecule has 0 bridgehead atoms. The average Bonchev–Trinajstić information content (AvgIpc) is 3.35. The number of rotatable bonds is 6. The lowest BCUT2D eigenvalue weighted by atomic mass is 9.87. The summed E-state index contributed by atoms with van der Waals surface area (Å²) in [5, 5.41) is 10.8. The van der Waals surface area contributed by atoms with Crippen molar-refractivity contribution in [1.29, 1.82) is 0 Å². The molecule has 2 N–H and O–H groups in total. The first kappa shape index (κ1) is 21.5. The highest BCUT2D eigenvalue weighted by Crippen LogP contribution is 2.35. The summed E-state index contributed by atoms with van der Waals surface area (Å²) < 4.78 is 13.5.